The van der Waals surface area contributed by atoms with Crippen LogP contribution in [0.25, 0.3) is 0 Å². The Morgan fingerprint density at radius 2 is 1.74 bits per heavy atom. The van der Waals surface area contributed by atoms with Crippen molar-refractivity contribution in [1.82, 2.24) is 0 Å². The van der Waals surface area contributed by atoms with Crippen molar-refractivity contribution in [1.29, 1.82) is 0 Å². The summed E-state index contributed by atoms with van der Waals surface area (Å²) >= 11 is 0. The van der Waals surface area contributed by atoms with Gasteiger partial charge in [0, 0.05) is 5.56 Å². The molecule has 0 aliphatic carbocycles. The van der Waals surface area contributed by atoms with E-state index in [9.17, 15) is 4.79 Å². The Hall–Kier alpha value is -2.82. The van der Waals surface area contributed by atoms with E-state index in [1.807, 2.05) is 50.2 Å². The summed E-state index contributed by atoms with van der Waals surface area (Å²) in [7, 11) is 0. The van der Waals surface area contributed by atoms with Gasteiger partial charge in [0.1, 0.15) is 5.75 Å². The number of carbonyl (C=O) groups excluding carboxylic acids is 1. The Balaban J connectivity index is 1.97. The van der Waals surface area contributed by atoms with E-state index in [4.69, 9.17) is 15.3 Å². The predicted octanol–water partition coefficient (Wildman–Crippen LogP) is 2.93. The van der Waals surface area contributed by atoms with E-state index in [1.165, 1.54) is 0 Å². The van der Waals surface area contributed by atoms with Crippen molar-refractivity contribution in [3.05, 3.63) is 65.2 Å². The molecule has 2 rings (SSSR count). The van der Waals surface area contributed by atoms with Crippen LogP contribution in [0.5, 0.6) is 5.75 Å². The lowest BCUT2D eigenvalue weighted by molar-refractivity contribution is -0.151. The predicted molar refractivity (Wildman–Crippen MR) is 89.3 cm³/mol. The molecule has 120 valence electrons. The zero-order chi connectivity index (χ0) is 16.8. The van der Waals surface area contributed by atoms with E-state index in [2.05, 4.69) is 5.16 Å². The molecule has 0 heterocycles. The number of nitrogens with zero attached hydrogens (tertiary/aromatic N) is 1. The van der Waals surface area contributed by atoms with Gasteiger partial charge in [0.25, 0.3) is 0 Å². The molecule has 0 radical (unpaired) electrons. The average Bonchev–Trinajstić information content (AvgIpc) is 2.52. The fourth-order valence-electron chi connectivity index (χ4n) is 1.97. The molecule has 0 unspecified atom stereocenters. The van der Waals surface area contributed by atoms with Crippen LogP contribution in [-0.2, 0) is 9.63 Å². The number of rotatable bonds is 5. The van der Waals surface area contributed by atoms with Crippen LogP contribution >= 0.6 is 0 Å². The van der Waals surface area contributed by atoms with Gasteiger partial charge in [-0.2, -0.15) is 0 Å². The number of nitrogens with two attached hydrogens (primary N) is 1. The Kier molecular flexibility index (Phi) is 5.36. The zero-order valence-corrected chi connectivity index (χ0v) is 13.4. The van der Waals surface area contributed by atoms with Crippen LogP contribution in [0.4, 0.5) is 0 Å². The summed E-state index contributed by atoms with van der Waals surface area (Å²) in [6, 6.07) is 14.9. The lowest BCUT2D eigenvalue weighted by Gasteiger charge is -2.12. The summed E-state index contributed by atoms with van der Waals surface area (Å²) in [6.45, 7) is 5.49. The Morgan fingerprint density at radius 3 is 2.39 bits per heavy atom. The molecular formula is C18H20N2O3. The monoisotopic (exact) mass is 312 g/mol. The first kappa shape index (κ1) is 16.5. The summed E-state index contributed by atoms with van der Waals surface area (Å²) in [6.07, 6.45) is -0.786. The highest BCUT2D eigenvalue weighted by molar-refractivity contribution is 5.97. The molecule has 0 aliphatic heterocycles. The highest BCUT2D eigenvalue weighted by atomic mass is 16.7. The van der Waals surface area contributed by atoms with Crippen LogP contribution in [-0.4, -0.2) is 17.9 Å². The van der Waals surface area contributed by atoms with Gasteiger partial charge in [-0.15, -0.1) is 0 Å². The smallest absolute Gasteiger partial charge is 0.374 e. The van der Waals surface area contributed by atoms with Gasteiger partial charge in [0.2, 0.25) is 0 Å². The molecular weight excluding hydrogens is 292 g/mol. The minimum Gasteiger partial charge on any atom is -0.479 e. The molecule has 0 fully saturated rings. The fourth-order valence-corrected chi connectivity index (χ4v) is 1.97. The van der Waals surface area contributed by atoms with E-state index in [-0.39, 0.29) is 5.84 Å². The van der Waals surface area contributed by atoms with Crippen molar-refractivity contribution in [3.63, 3.8) is 0 Å². The third-order valence-corrected chi connectivity index (χ3v) is 3.18. The van der Waals surface area contributed by atoms with Crippen LogP contribution in [0.15, 0.2) is 53.7 Å². The summed E-state index contributed by atoms with van der Waals surface area (Å²) in [5, 5.41) is 3.68. The molecule has 2 aromatic rings. The van der Waals surface area contributed by atoms with Crippen molar-refractivity contribution >= 4 is 11.8 Å². The zero-order valence-electron chi connectivity index (χ0n) is 13.4. The molecule has 23 heavy (non-hydrogen) atoms. The Labute approximate surface area is 135 Å². The Morgan fingerprint density at radius 1 is 1.09 bits per heavy atom. The molecule has 0 aliphatic rings. The summed E-state index contributed by atoms with van der Waals surface area (Å²) in [5.41, 5.74) is 8.61. The highest BCUT2D eigenvalue weighted by Gasteiger charge is 2.17. The molecule has 2 N–H and O–H groups in total. The number of benzene rings is 2. The normalized spacial score (nSPS) is 12.6. The average molecular weight is 312 g/mol. The van der Waals surface area contributed by atoms with Gasteiger partial charge >= 0.3 is 5.97 Å². The van der Waals surface area contributed by atoms with Gasteiger partial charge in [-0.05, 0) is 44.5 Å². The molecule has 0 saturated heterocycles. The van der Waals surface area contributed by atoms with E-state index in [0.717, 1.165) is 11.1 Å². The van der Waals surface area contributed by atoms with Crippen LogP contribution in [0.3, 0.4) is 0 Å². The molecule has 0 saturated carbocycles. The number of hydrogen-bond acceptors (Lipinski definition) is 4. The molecule has 5 heteroatoms. The second-order valence-corrected chi connectivity index (χ2v) is 5.33. The largest absolute Gasteiger partial charge is 0.479 e. The van der Waals surface area contributed by atoms with E-state index in [1.54, 1.807) is 19.1 Å². The summed E-state index contributed by atoms with van der Waals surface area (Å²) in [4.78, 5) is 16.8. The van der Waals surface area contributed by atoms with Crippen LogP contribution in [0, 0.1) is 13.8 Å². The van der Waals surface area contributed by atoms with Crippen LogP contribution in [0.1, 0.15) is 23.6 Å². The number of carbonyl (C=O) groups is 1. The van der Waals surface area contributed by atoms with Crippen molar-refractivity contribution in [2.24, 2.45) is 10.9 Å². The minimum atomic E-state index is -0.786. The number of ether oxygens (including phenoxy) is 1. The number of amidine groups is 1. The maximum atomic E-state index is 11.9. The number of hydrogen-bond donors (Lipinski definition) is 1. The lowest BCUT2D eigenvalue weighted by Crippen LogP contribution is -2.26. The quantitative estimate of drug-likeness (QED) is 0.399. The second-order valence-electron chi connectivity index (χ2n) is 5.33. The lowest BCUT2D eigenvalue weighted by atomic mass is 10.1. The summed E-state index contributed by atoms with van der Waals surface area (Å²) < 4.78 is 5.53. The highest BCUT2D eigenvalue weighted by Crippen LogP contribution is 2.14. The van der Waals surface area contributed by atoms with Crippen molar-refractivity contribution in [3.8, 4) is 5.75 Å². The second kappa shape index (κ2) is 7.45. The summed E-state index contributed by atoms with van der Waals surface area (Å²) in [5.74, 6) is 0.136. The van der Waals surface area contributed by atoms with Crippen molar-refractivity contribution < 1.29 is 14.4 Å². The molecule has 0 spiro atoms. The SMILES string of the molecule is Cc1cccc(O[C@@H](C)C(=O)O/N=C(/N)c2cccc(C)c2)c1. The molecule has 0 bridgehead atoms. The van der Waals surface area contributed by atoms with E-state index < -0.39 is 12.1 Å². The number of aryl methyl sites for hydroxylation is 2. The van der Waals surface area contributed by atoms with Crippen molar-refractivity contribution in [2.75, 3.05) is 0 Å². The molecule has 0 aromatic heterocycles. The molecule has 5 nitrogen and oxygen atoms in total. The first-order valence-corrected chi connectivity index (χ1v) is 7.30. The molecule has 1 atom stereocenters. The van der Waals surface area contributed by atoms with Gasteiger partial charge in [0.05, 0.1) is 0 Å². The molecule has 0 amide bonds. The first-order chi connectivity index (χ1) is 11.0. The maximum Gasteiger partial charge on any atom is 0.374 e. The van der Waals surface area contributed by atoms with E-state index in [0.29, 0.717) is 11.3 Å². The Bertz CT molecular complexity index is 726. The number of oxime groups is 1. The van der Waals surface area contributed by atoms with E-state index >= 15 is 0 Å². The standard InChI is InChI=1S/C18H20N2O3/c1-12-6-4-8-15(10-12)17(19)20-23-18(21)14(3)22-16-9-5-7-13(2)11-16/h4-11,14H,1-3H3,(H2,19,20)/t14-/m0/s1. The van der Waals surface area contributed by atoms with Gasteiger partial charge in [-0.1, -0.05) is 41.1 Å². The molecule has 2 aromatic carbocycles. The van der Waals surface area contributed by atoms with Crippen LogP contribution < -0.4 is 10.5 Å². The van der Waals surface area contributed by atoms with Crippen molar-refractivity contribution in [2.45, 2.75) is 26.9 Å². The first-order valence-electron chi connectivity index (χ1n) is 7.30. The third-order valence-electron chi connectivity index (χ3n) is 3.18. The minimum absolute atomic E-state index is 0.143. The fraction of sp³-hybridized carbons (Fsp3) is 0.222. The van der Waals surface area contributed by atoms with Crippen LogP contribution in [0.2, 0.25) is 0 Å². The van der Waals surface area contributed by atoms with Gasteiger partial charge in [0.15, 0.2) is 11.9 Å². The topological polar surface area (TPSA) is 73.9 Å². The maximum absolute atomic E-state index is 11.9. The third kappa shape index (κ3) is 4.85. The van der Waals surface area contributed by atoms with Gasteiger partial charge in [-0.3, -0.25) is 0 Å². The van der Waals surface area contributed by atoms with Gasteiger partial charge < -0.3 is 15.3 Å². The van der Waals surface area contributed by atoms with Gasteiger partial charge in [-0.25, -0.2) is 4.79 Å².